The lowest BCUT2D eigenvalue weighted by molar-refractivity contribution is -0.138. The van der Waals surface area contributed by atoms with Gasteiger partial charge in [0.2, 0.25) is 0 Å². The van der Waals surface area contributed by atoms with E-state index >= 15 is 0 Å². The third-order valence-corrected chi connectivity index (χ3v) is 2.66. The van der Waals surface area contributed by atoms with Gasteiger partial charge in [-0.2, -0.15) is 0 Å². The van der Waals surface area contributed by atoms with Crippen molar-refractivity contribution >= 4 is 5.97 Å². The van der Waals surface area contributed by atoms with Gasteiger partial charge in [-0.3, -0.25) is 4.79 Å². The molecule has 1 N–H and O–H groups in total. The van der Waals surface area contributed by atoms with Crippen LogP contribution in [-0.2, 0) is 4.79 Å². The first-order valence-corrected chi connectivity index (χ1v) is 4.90. The molecule has 0 heterocycles. The van der Waals surface area contributed by atoms with Gasteiger partial charge in [-0.25, -0.2) is 0 Å². The number of rotatable bonds is 2. The maximum atomic E-state index is 10.9. The van der Waals surface area contributed by atoms with E-state index in [2.05, 4.69) is 0 Å². The van der Waals surface area contributed by atoms with Crippen LogP contribution in [0, 0.1) is 0 Å². The SMILES string of the molecule is CC(C(=O)O)c1ccc2cccccc1-2. The molecule has 0 fully saturated rings. The molecule has 0 saturated carbocycles. The molecule has 0 bridgehead atoms. The first-order valence-electron chi connectivity index (χ1n) is 4.90. The van der Waals surface area contributed by atoms with Gasteiger partial charge in [0.25, 0.3) is 0 Å². The highest BCUT2D eigenvalue weighted by Crippen LogP contribution is 2.32. The van der Waals surface area contributed by atoms with Crippen molar-refractivity contribution in [3.8, 4) is 11.1 Å². The van der Waals surface area contributed by atoms with Crippen molar-refractivity contribution < 1.29 is 9.90 Å². The van der Waals surface area contributed by atoms with E-state index in [1.165, 1.54) is 0 Å². The van der Waals surface area contributed by atoms with Crippen molar-refractivity contribution in [1.82, 2.24) is 0 Å². The standard InChI is InChI=1S/C13H12O2/c1-9(13(14)15)11-8-7-10-5-3-2-4-6-12(10)11/h2-9H,1H3,(H,14,15). The third-order valence-electron chi connectivity index (χ3n) is 2.66. The molecule has 0 amide bonds. The molecule has 2 aliphatic rings. The van der Waals surface area contributed by atoms with Crippen LogP contribution in [0.2, 0.25) is 0 Å². The molecule has 0 radical (unpaired) electrons. The van der Waals surface area contributed by atoms with E-state index < -0.39 is 11.9 Å². The maximum absolute atomic E-state index is 10.9. The van der Waals surface area contributed by atoms with Crippen LogP contribution in [0.1, 0.15) is 18.4 Å². The predicted octanol–water partition coefficient (Wildman–Crippen LogP) is 2.98. The fourth-order valence-corrected chi connectivity index (χ4v) is 1.75. The lowest BCUT2D eigenvalue weighted by Crippen LogP contribution is -2.06. The normalized spacial score (nSPS) is 12.6. The van der Waals surface area contributed by atoms with E-state index in [9.17, 15) is 4.79 Å². The zero-order chi connectivity index (χ0) is 10.8. The summed E-state index contributed by atoms with van der Waals surface area (Å²) in [6.45, 7) is 1.71. The van der Waals surface area contributed by atoms with Gasteiger partial charge in [-0.1, -0.05) is 42.5 Å². The molecule has 1 unspecified atom stereocenters. The van der Waals surface area contributed by atoms with Gasteiger partial charge >= 0.3 is 5.97 Å². The van der Waals surface area contributed by atoms with E-state index in [0.29, 0.717) is 0 Å². The van der Waals surface area contributed by atoms with Gasteiger partial charge in [0.1, 0.15) is 0 Å². The van der Waals surface area contributed by atoms with E-state index in [-0.39, 0.29) is 0 Å². The van der Waals surface area contributed by atoms with Crippen LogP contribution in [0.5, 0.6) is 0 Å². The summed E-state index contributed by atoms with van der Waals surface area (Å²) in [4.78, 5) is 10.9. The number of hydrogen-bond acceptors (Lipinski definition) is 1. The number of carboxylic acids is 1. The van der Waals surface area contributed by atoms with E-state index in [4.69, 9.17) is 5.11 Å². The minimum atomic E-state index is -0.783. The molecule has 15 heavy (non-hydrogen) atoms. The Kier molecular flexibility index (Phi) is 2.42. The summed E-state index contributed by atoms with van der Waals surface area (Å²) in [5, 5.41) is 8.98. The van der Waals surface area contributed by atoms with Gasteiger partial charge in [-0.15, -0.1) is 0 Å². The molecule has 0 aromatic heterocycles. The number of aliphatic carboxylic acids is 1. The number of hydrogen-bond donors (Lipinski definition) is 1. The van der Waals surface area contributed by atoms with Crippen LogP contribution in [0.3, 0.4) is 0 Å². The molecule has 2 heteroatoms. The highest BCUT2D eigenvalue weighted by molar-refractivity contribution is 5.82. The molecule has 0 aromatic rings. The lowest BCUT2D eigenvalue weighted by atomic mass is 9.99. The van der Waals surface area contributed by atoms with E-state index in [1.54, 1.807) is 6.92 Å². The summed E-state index contributed by atoms with van der Waals surface area (Å²) in [6.07, 6.45) is 0. The van der Waals surface area contributed by atoms with Crippen LogP contribution in [-0.4, -0.2) is 11.1 Å². The van der Waals surface area contributed by atoms with Crippen molar-refractivity contribution in [2.45, 2.75) is 12.8 Å². The summed E-state index contributed by atoms with van der Waals surface area (Å²) in [5.74, 6) is -1.24. The summed E-state index contributed by atoms with van der Waals surface area (Å²) in [6, 6.07) is 13.6. The van der Waals surface area contributed by atoms with Crippen LogP contribution in [0.4, 0.5) is 0 Å². The Hall–Kier alpha value is -1.83. The molecule has 0 aliphatic heterocycles. The van der Waals surface area contributed by atoms with Crippen LogP contribution in [0.15, 0.2) is 42.5 Å². The molecule has 0 saturated heterocycles. The van der Waals surface area contributed by atoms with Gasteiger partial charge in [0, 0.05) is 0 Å². The van der Waals surface area contributed by atoms with Crippen molar-refractivity contribution in [3.05, 3.63) is 48.0 Å². The largest absolute Gasteiger partial charge is 0.481 e. The quantitative estimate of drug-likeness (QED) is 0.809. The average molecular weight is 200 g/mol. The molecule has 2 aliphatic carbocycles. The predicted molar refractivity (Wildman–Crippen MR) is 59.1 cm³/mol. The van der Waals surface area contributed by atoms with Gasteiger partial charge < -0.3 is 5.11 Å². The van der Waals surface area contributed by atoms with Crippen molar-refractivity contribution in [2.75, 3.05) is 0 Å². The Morgan fingerprint density at radius 2 is 1.87 bits per heavy atom. The first-order chi connectivity index (χ1) is 7.20. The Balaban J connectivity index is 2.54. The molecular weight excluding hydrogens is 188 g/mol. The summed E-state index contributed by atoms with van der Waals surface area (Å²) in [7, 11) is 0. The fraction of sp³-hybridized carbons (Fsp3) is 0.154. The highest BCUT2D eigenvalue weighted by Gasteiger charge is 2.19. The molecule has 2 nitrogen and oxygen atoms in total. The van der Waals surface area contributed by atoms with Crippen molar-refractivity contribution in [3.63, 3.8) is 0 Å². The molecular formula is C13H12O2. The molecule has 76 valence electrons. The maximum Gasteiger partial charge on any atom is 0.310 e. The second-order valence-electron chi connectivity index (χ2n) is 3.63. The lowest BCUT2D eigenvalue weighted by Gasteiger charge is -2.06. The van der Waals surface area contributed by atoms with Crippen molar-refractivity contribution in [1.29, 1.82) is 0 Å². The van der Waals surface area contributed by atoms with Crippen LogP contribution in [0.25, 0.3) is 11.1 Å². The average Bonchev–Trinajstić information content (AvgIpc) is 2.46. The zero-order valence-corrected chi connectivity index (χ0v) is 8.47. The third kappa shape index (κ3) is 1.71. The summed E-state index contributed by atoms with van der Waals surface area (Å²) < 4.78 is 0. The van der Waals surface area contributed by atoms with E-state index in [1.807, 2.05) is 42.5 Å². The minimum absolute atomic E-state index is 0.454. The minimum Gasteiger partial charge on any atom is -0.481 e. The Labute approximate surface area is 88.5 Å². The molecule has 1 atom stereocenters. The van der Waals surface area contributed by atoms with Gasteiger partial charge in [0.05, 0.1) is 5.92 Å². The first kappa shape index (κ1) is 9.71. The van der Waals surface area contributed by atoms with E-state index in [0.717, 1.165) is 16.7 Å². The number of carbonyl (C=O) groups is 1. The Bertz CT molecular complexity index is 462. The zero-order valence-electron chi connectivity index (χ0n) is 8.47. The van der Waals surface area contributed by atoms with Gasteiger partial charge in [-0.05, 0) is 23.6 Å². The molecule has 2 rings (SSSR count). The molecule has 0 spiro atoms. The monoisotopic (exact) mass is 200 g/mol. The topological polar surface area (TPSA) is 37.3 Å². The highest BCUT2D eigenvalue weighted by atomic mass is 16.4. The smallest absolute Gasteiger partial charge is 0.310 e. The number of fused-ring (bicyclic) bond motifs is 1. The molecule has 0 aromatic carbocycles. The Morgan fingerprint density at radius 1 is 1.13 bits per heavy atom. The van der Waals surface area contributed by atoms with Crippen LogP contribution >= 0.6 is 0 Å². The van der Waals surface area contributed by atoms with Crippen LogP contribution < -0.4 is 0 Å². The van der Waals surface area contributed by atoms with Crippen molar-refractivity contribution in [2.24, 2.45) is 0 Å². The summed E-state index contributed by atoms with van der Waals surface area (Å²) >= 11 is 0. The summed E-state index contributed by atoms with van der Waals surface area (Å²) in [5.41, 5.74) is 2.99. The second-order valence-corrected chi connectivity index (χ2v) is 3.63. The second kappa shape index (κ2) is 3.73. The fourth-order valence-electron chi connectivity index (χ4n) is 1.75. The number of carboxylic acid groups (broad SMARTS) is 1. The van der Waals surface area contributed by atoms with Gasteiger partial charge in [0.15, 0.2) is 0 Å². The Morgan fingerprint density at radius 3 is 2.60 bits per heavy atom.